The Balaban J connectivity index is 2.97. The van der Waals surface area contributed by atoms with Gasteiger partial charge in [0.05, 0.1) is 7.11 Å². The quantitative estimate of drug-likeness (QED) is 0.652. The van der Waals surface area contributed by atoms with Gasteiger partial charge in [0.25, 0.3) is 5.91 Å². The van der Waals surface area contributed by atoms with Crippen LogP contribution in [-0.2, 0) is 14.8 Å². The van der Waals surface area contributed by atoms with Gasteiger partial charge in [-0.15, -0.1) is 0 Å². The van der Waals surface area contributed by atoms with Gasteiger partial charge in [0.2, 0.25) is 10.0 Å². The van der Waals surface area contributed by atoms with E-state index in [2.05, 4.69) is 10.0 Å². The third kappa shape index (κ3) is 4.97. The van der Waals surface area contributed by atoms with E-state index in [-0.39, 0.29) is 28.7 Å². The Labute approximate surface area is 131 Å². The molecule has 8 heteroatoms. The molecule has 0 aliphatic heterocycles. The van der Waals surface area contributed by atoms with Crippen molar-refractivity contribution in [2.24, 2.45) is 0 Å². The smallest absolute Gasteiger partial charge is 0.251 e. The van der Waals surface area contributed by atoms with Crippen molar-refractivity contribution >= 4 is 15.9 Å². The van der Waals surface area contributed by atoms with E-state index in [1.807, 2.05) is 0 Å². The zero-order chi connectivity index (χ0) is 16.6. The second-order valence-corrected chi connectivity index (χ2v) is 6.20. The lowest BCUT2D eigenvalue weighted by atomic mass is 10.2. The Hall–Kier alpha value is -1.64. The number of rotatable bonds is 9. The van der Waals surface area contributed by atoms with E-state index >= 15 is 0 Å². The van der Waals surface area contributed by atoms with Gasteiger partial charge in [-0.05, 0) is 24.6 Å². The molecule has 0 spiro atoms. The first kappa shape index (κ1) is 18.4. The summed E-state index contributed by atoms with van der Waals surface area (Å²) in [5, 5.41) is 2.71. The van der Waals surface area contributed by atoms with Gasteiger partial charge in [0.15, 0.2) is 0 Å². The average molecular weight is 330 g/mol. The Morgan fingerprint density at radius 3 is 2.59 bits per heavy atom. The van der Waals surface area contributed by atoms with E-state index in [0.29, 0.717) is 19.6 Å². The van der Waals surface area contributed by atoms with Gasteiger partial charge in [-0.25, -0.2) is 13.1 Å². The molecule has 7 nitrogen and oxygen atoms in total. The normalized spacial score (nSPS) is 11.2. The molecule has 0 radical (unpaired) electrons. The maximum Gasteiger partial charge on any atom is 0.251 e. The van der Waals surface area contributed by atoms with E-state index in [4.69, 9.17) is 9.47 Å². The number of hydrogen-bond acceptors (Lipinski definition) is 5. The maximum atomic E-state index is 12.1. The van der Waals surface area contributed by atoms with Crippen LogP contribution in [0.4, 0.5) is 0 Å². The molecular weight excluding hydrogens is 308 g/mol. The van der Waals surface area contributed by atoms with Gasteiger partial charge >= 0.3 is 0 Å². The number of methoxy groups -OCH3 is 2. The van der Waals surface area contributed by atoms with Gasteiger partial charge < -0.3 is 14.8 Å². The molecule has 1 aromatic carbocycles. The van der Waals surface area contributed by atoms with E-state index in [9.17, 15) is 13.2 Å². The monoisotopic (exact) mass is 330 g/mol. The summed E-state index contributed by atoms with van der Waals surface area (Å²) < 4.78 is 36.6. The van der Waals surface area contributed by atoms with Crippen molar-refractivity contribution in [3.05, 3.63) is 23.8 Å². The lowest BCUT2D eigenvalue weighted by Gasteiger charge is -2.12. The Bertz CT molecular complexity index is 601. The van der Waals surface area contributed by atoms with E-state index < -0.39 is 10.0 Å². The summed E-state index contributed by atoms with van der Waals surface area (Å²) in [5.74, 6) is -0.149. The second kappa shape index (κ2) is 8.72. The average Bonchev–Trinajstić information content (AvgIpc) is 2.50. The molecule has 124 valence electrons. The van der Waals surface area contributed by atoms with Gasteiger partial charge in [0, 0.05) is 32.4 Å². The highest BCUT2D eigenvalue weighted by Crippen LogP contribution is 2.24. The molecule has 1 rings (SSSR count). The SMILES string of the molecule is CCNS(=O)(=O)c1cc(C(=O)NCCCOC)ccc1OC. The number of hydrogen-bond donors (Lipinski definition) is 2. The van der Waals surface area contributed by atoms with Crippen LogP contribution in [-0.4, -0.2) is 48.2 Å². The summed E-state index contributed by atoms with van der Waals surface area (Å²) in [5.41, 5.74) is 0.259. The molecule has 0 fully saturated rings. The molecule has 0 heterocycles. The van der Waals surface area contributed by atoms with Crippen molar-refractivity contribution in [1.82, 2.24) is 10.0 Å². The van der Waals surface area contributed by atoms with E-state index in [1.165, 1.54) is 25.3 Å². The summed E-state index contributed by atoms with van der Waals surface area (Å²) in [6.07, 6.45) is 0.681. The van der Waals surface area contributed by atoms with Crippen LogP contribution in [0.15, 0.2) is 23.1 Å². The van der Waals surface area contributed by atoms with Crippen LogP contribution < -0.4 is 14.8 Å². The van der Waals surface area contributed by atoms with Crippen LogP contribution in [0.25, 0.3) is 0 Å². The minimum atomic E-state index is -3.71. The van der Waals surface area contributed by atoms with Crippen LogP contribution in [0, 0.1) is 0 Å². The fourth-order valence-electron chi connectivity index (χ4n) is 1.82. The fraction of sp³-hybridized carbons (Fsp3) is 0.500. The van der Waals surface area contributed by atoms with Crippen LogP contribution >= 0.6 is 0 Å². The molecule has 0 aliphatic carbocycles. The number of amides is 1. The summed E-state index contributed by atoms with van der Waals surface area (Å²) >= 11 is 0. The standard InChI is InChI=1S/C14H22N2O5S/c1-4-16-22(18,19)13-10-11(6-7-12(13)21-3)14(17)15-8-5-9-20-2/h6-7,10,16H,4-5,8-9H2,1-3H3,(H,15,17). The van der Waals surface area contributed by atoms with Crippen molar-refractivity contribution in [2.45, 2.75) is 18.2 Å². The molecule has 22 heavy (non-hydrogen) atoms. The van der Waals surface area contributed by atoms with Crippen molar-refractivity contribution < 1.29 is 22.7 Å². The molecule has 1 aromatic rings. The first-order valence-electron chi connectivity index (χ1n) is 6.91. The molecule has 1 amide bonds. The van der Waals surface area contributed by atoms with Gasteiger partial charge in [-0.3, -0.25) is 4.79 Å². The molecule has 0 unspecified atom stereocenters. The number of nitrogens with one attached hydrogen (secondary N) is 2. The Morgan fingerprint density at radius 1 is 1.27 bits per heavy atom. The summed E-state index contributed by atoms with van der Waals surface area (Å²) in [4.78, 5) is 12.0. The molecule has 2 N–H and O–H groups in total. The zero-order valence-corrected chi connectivity index (χ0v) is 13.8. The first-order valence-corrected chi connectivity index (χ1v) is 8.39. The number of ether oxygens (including phenoxy) is 2. The second-order valence-electron chi connectivity index (χ2n) is 4.47. The van der Waals surface area contributed by atoms with Crippen LogP contribution in [0.2, 0.25) is 0 Å². The lowest BCUT2D eigenvalue weighted by molar-refractivity contribution is 0.0948. The zero-order valence-electron chi connectivity index (χ0n) is 13.0. The Kier molecular flexibility index (Phi) is 7.30. The third-order valence-corrected chi connectivity index (χ3v) is 4.43. The molecule has 0 aromatic heterocycles. The lowest BCUT2D eigenvalue weighted by Crippen LogP contribution is -2.27. The molecule has 0 aliphatic rings. The van der Waals surface area contributed by atoms with Crippen LogP contribution in [0.5, 0.6) is 5.75 Å². The topological polar surface area (TPSA) is 93.7 Å². The van der Waals surface area contributed by atoms with Crippen molar-refractivity contribution in [3.63, 3.8) is 0 Å². The van der Waals surface area contributed by atoms with Gasteiger partial charge in [-0.1, -0.05) is 6.92 Å². The molecule has 0 atom stereocenters. The minimum Gasteiger partial charge on any atom is -0.495 e. The van der Waals surface area contributed by atoms with Crippen LogP contribution in [0.1, 0.15) is 23.7 Å². The Morgan fingerprint density at radius 2 is 2.00 bits per heavy atom. The van der Waals surface area contributed by atoms with Gasteiger partial charge in [-0.2, -0.15) is 0 Å². The summed E-state index contributed by atoms with van der Waals surface area (Å²) in [7, 11) is -0.747. The molecular formula is C14H22N2O5S. The highest BCUT2D eigenvalue weighted by atomic mass is 32.2. The minimum absolute atomic E-state index is 0.0543. The maximum absolute atomic E-state index is 12.1. The van der Waals surface area contributed by atoms with Crippen molar-refractivity contribution in [1.29, 1.82) is 0 Å². The van der Waals surface area contributed by atoms with Crippen molar-refractivity contribution in [3.8, 4) is 5.75 Å². The van der Waals surface area contributed by atoms with E-state index in [0.717, 1.165) is 0 Å². The van der Waals surface area contributed by atoms with Gasteiger partial charge in [0.1, 0.15) is 10.6 Å². The fourth-order valence-corrected chi connectivity index (χ4v) is 3.05. The van der Waals surface area contributed by atoms with Crippen LogP contribution in [0.3, 0.4) is 0 Å². The number of carbonyl (C=O) groups excluding carboxylic acids is 1. The highest BCUT2D eigenvalue weighted by molar-refractivity contribution is 7.89. The predicted molar refractivity (Wildman–Crippen MR) is 82.7 cm³/mol. The summed E-state index contributed by atoms with van der Waals surface area (Å²) in [6.45, 7) is 2.92. The first-order chi connectivity index (χ1) is 10.5. The number of benzene rings is 1. The predicted octanol–water partition coefficient (Wildman–Crippen LogP) is 0.760. The molecule has 0 bridgehead atoms. The molecule has 0 saturated heterocycles. The third-order valence-electron chi connectivity index (χ3n) is 2.86. The molecule has 0 saturated carbocycles. The number of carbonyl (C=O) groups is 1. The largest absolute Gasteiger partial charge is 0.495 e. The van der Waals surface area contributed by atoms with Crippen molar-refractivity contribution in [2.75, 3.05) is 33.9 Å². The number of sulfonamides is 1. The van der Waals surface area contributed by atoms with E-state index in [1.54, 1.807) is 14.0 Å². The summed E-state index contributed by atoms with van der Waals surface area (Å²) in [6, 6.07) is 4.30. The highest BCUT2D eigenvalue weighted by Gasteiger charge is 2.20.